The average molecular weight is 222 g/mol. The molecule has 0 aliphatic carbocycles. The van der Waals surface area contributed by atoms with Crippen LogP contribution < -0.4 is 4.90 Å². The summed E-state index contributed by atoms with van der Waals surface area (Å²) in [6, 6.07) is 5.21. The summed E-state index contributed by atoms with van der Waals surface area (Å²) in [7, 11) is 0. The Kier molecular flexibility index (Phi) is 4.20. The molecule has 0 aromatic heterocycles. The van der Waals surface area contributed by atoms with Crippen molar-refractivity contribution in [2.24, 2.45) is 0 Å². The second-order valence-electron chi connectivity index (χ2n) is 3.04. The summed E-state index contributed by atoms with van der Waals surface area (Å²) in [6.45, 7) is 3.23. The zero-order valence-corrected chi connectivity index (χ0v) is 9.29. The van der Waals surface area contributed by atoms with E-state index in [0.29, 0.717) is 17.1 Å². The van der Waals surface area contributed by atoms with Crippen LogP contribution in [0, 0.1) is 12.3 Å². The average Bonchev–Trinajstić information content (AvgIpc) is 2.26. The number of benzene rings is 1. The minimum atomic E-state index is 0.485. The molecule has 1 rings (SSSR count). The number of anilines is 1. The molecule has 0 saturated heterocycles. The fraction of sp³-hybridized carbons (Fsp3) is 0.250. The molecule has 2 nitrogen and oxygen atoms in total. The third-order valence-electron chi connectivity index (χ3n) is 2.12. The van der Waals surface area contributed by atoms with Gasteiger partial charge in [-0.05, 0) is 25.1 Å². The van der Waals surface area contributed by atoms with Crippen molar-refractivity contribution in [1.29, 1.82) is 0 Å². The lowest BCUT2D eigenvalue weighted by molar-refractivity contribution is 0.112. The maximum atomic E-state index is 10.9. The molecule has 0 radical (unpaired) electrons. The van der Waals surface area contributed by atoms with E-state index in [-0.39, 0.29) is 0 Å². The fourth-order valence-electron chi connectivity index (χ4n) is 1.39. The van der Waals surface area contributed by atoms with E-state index in [1.165, 1.54) is 0 Å². The smallest absolute Gasteiger partial charge is 0.152 e. The Morgan fingerprint density at radius 2 is 2.33 bits per heavy atom. The molecule has 0 fully saturated rings. The molecule has 0 spiro atoms. The monoisotopic (exact) mass is 221 g/mol. The van der Waals surface area contributed by atoms with Crippen LogP contribution in [0.1, 0.15) is 17.3 Å². The van der Waals surface area contributed by atoms with Crippen LogP contribution in [-0.2, 0) is 0 Å². The van der Waals surface area contributed by atoms with Gasteiger partial charge in [-0.2, -0.15) is 0 Å². The highest BCUT2D eigenvalue weighted by atomic mass is 35.5. The summed E-state index contributed by atoms with van der Waals surface area (Å²) < 4.78 is 0. The van der Waals surface area contributed by atoms with Gasteiger partial charge < -0.3 is 4.90 Å². The summed E-state index contributed by atoms with van der Waals surface area (Å²) in [5, 5.41) is 0.553. The summed E-state index contributed by atoms with van der Waals surface area (Å²) in [5.74, 6) is 2.56. The highest BCUT2D eigenvalue weighted by Crippen LogP contribution is 2.22. The van der Waals surface area contributed by atoms with Crippen molar-refractivity contribution in [2.75, 3.05) is 18.0 Å². The number of carbonyl (C=O) groups is 1. The quantitative estimate of drug-likeness (QED) is 0.576. The summed E-state index contributed by atoms with van der Waals surface area (Å²) >= 11 is 5.80. The summed E-state index contributed by atoms with van der Waals surface area (Å²) in [4.78, 5) is 12.8. The zero-order chi connectivity index (χ0) is 11.3. The van der Waals surface area contributed by atoms with Gasteiger partial charge in [0.1, 0.15) is 0 Å². The van der Waals surface area contributed by atoms with Crippen LogP contribution in [-0.4, -0.2) is 19.4 Å². The van der Waals surface area contributed by atoms with Crippen molar-refractivity contribution in [1.82, 2.24) is 0 Å². The summed E-state index contributed by atoms with van der Waals surface area (Å²) in [5.41, 5.74) is 1.40. The van der Waals surface area contributed by atoms with Gasteiger partial charge in [0.25, 0.3) is 0 Å². The van der Waals surface area contributed by atoms with Crippen molar-refractivity contribution < 1.29 is 4.79 Å². The number of aldehydes is 1. The second kappa shape index (κ2) is 5.43. The Labute approximate surface area is 94.8 Å². The summed E-state index contributed by atoms with van der Waals surface area (Å²) in [6.07, 6.45) is 6.05. The standard InChI is InChI=1S/C12H12ClNO/c1-3-7-14(4-2)12-6-5-11(13)8-10(12)9-15/h1,5-6,8-9H,4,7H2,2H3. The first kappa shape index (κ1) is 11.6. The molecule has 0 amide bonds. The molecule has 0 saturated carbocycles. The predicted octanol–water partition coefficient (Wildman–Crippen LogP) is 2.61. The molecular formula is C12H12ClNO. The molecule has 0 bridgehead atoms. The topological polar surface area (TPSA) is 20.3 Å². The molecule has 3 heteroatoms. The molecule has 0 atom stereocenters. The predicted molar refractivity (Wildman–Crippen MR) is 63.6 cm³/mol. The third-order valence-corrected chi connectivity index (χ3v) is 2.36. The molecular weight excluding hydrogens is 210 g/mol. The van der Waals surface area contributed by atoms with Gasteiger partial charge in [-0.25, -0.2) is 0 Å². The van der Waals surface area contributed by atoms with Crippen LogP contribution >= 0.6 is 11.6 Å². The van der Waals surface area contributed by atoms with E-state index < -0.39 is 0 Å². The highest BCUT2D eigenvalue weighted by molar-refractivity contribution is 6.31. The van der Waals surface area contributed by atoms with Crippen molar-refractivity contribution >= 4 is 23.6 Å². The van der Waals surface area contributed by atoms with E-state index in [4.69, 9.17) is 18.0 Å². The van der Waals surface area contributed by atoms with Gasteiger partial charge in [-0.3, -0.25) is 4.79 Å². The number of hydrogen-bond donors (Lipinski definition) is 0. The van der Waals surface area contributed by atoms with Crippen LogP contribution in [0.2, 0.25) is 5.02 Å². The van der Waals surface area contributed by atoms with Crippen molar-refractivity contribution in [3.05, 3.63) is 28.8 Å². The van der Waals surface area contributed by atoms with E-state index >= 15 is 0 Å². The maximum absolute atomic E-state index is 10.9. The number of nitrogens with zero attached hydrogens (tertiary/aromatic N) is 1. The first-order chi connectivity index (χ1) is 7.22. The molecule has 0 aliphatic heterocycles. The van der Waals surface area contributed by atoms with Crippen molar-refractivity contribution in [3.8, 4) is 12.3 Å². The largest absolute Gasteiger partial charge is 0.360 e. The number of rotatable bonds is 4. The SMILES string of the molecule is C#CCN(CC)c1ccc(Cl)cc1C=O. The Bertz CT molecular complexity index is 395. The molecule has 1 aromatic rings. The van der Waals surface area contributed by atoms with Crippen LogP contribution in [0.4, 0.5) is 5.69 Å². The van der Waals surface area contributed by atoms with Crippen LogP contribution in [0.3, 0.4) is 0 Å². The maximum Gasteiger partial charge on any atom is 0.152 e. The first-order valence-corrected chi connectivity index (χ1v) is 5.03. The Hall–Kier alpha value is -1.46. The van der Waals surface area contributed by atoms with Gasteiger partial charge in [0, 0.05) is 22.8 Å². The lowest BCUT2D eigenvalue weighted by Gasteiger charge is -2.21. The van der Waals surface area contributed by atoms with Gasteiger partial charge in [0.05, 0.1) is 6.54 Å². The molecule has 0 N–H and O–H groups in total. The van der Waals surface area contributed by atoms with Gasteiger partial charge in [-0.15, -0.1) is 6.42 Å². The second-order valence-corrected chi connectivity index (χ2v) is 3.48. The van der Waals surface area contributed by atoms with E-state index in [1.54, 1.807) is 12.1 Å². The number of terminal acetylenes is 1. The van der Waals surface area contributed by atoms with E-state index in [9.17, 15) is 4.79 Å². The van der Waals surface area contributed by atoms with E-state index in [1.807, 2.05) is 17.9 Å². The van der Waals surface area contributed by atoms with Gasteiger partial charge in [-0.1, -0.05) is 17.5 Å². The molecule has 0 heterocycles. The lowest BCUT2D eigenvalue weighted by atomic mass is 10.1. The van der Waals surface area contributed by atoms with Crippen molar-refractivity contribution in [2.45, 2.75) is 6.92 Å². The molecule has 1 aromatic carbocycles. The Morgan fingerprint density at radius 1 is 1.60 bits per heavy atom. The first-order valence-electron chi connectivity index (χ1n) is 4.66. The lowest BCUT2D eigenvalue weighted by Crippen LogP contribution is -2.23. The Morgan fingerprint density at radius 3 is 2.87 bits per heavy atom. The molecule has 15 heavy (non-hydrogen) atoms. The van der Waals surface area contributed by atoms with Gasteiger partial charge in [0.15, 0.2) is 6.29 Å². The zero-order valence-electron chi connectivity index (χ0n) is 8.53. The van der Waals surface area contributed by atoms with Crippen LogP contribution in [0.5, 0.6) is 0 Å². The normalized spacial score (nSPS) is 9.40. The van der Waals surface area contributed by atoms with Gasteiger partial charge >= 0.3 is 0 Å². The molecule has 78 valence electrons. The number of carbonyl (C=O) groups excluding carboxylic acids is 1. The Balaban J connectivity index is 3.11. The highest BCUT2D eigenvalue weighted by Gasteiger charge is 2.08. The van der Waals surface area contributed by atoms with Crippen molar-refractivity contribution in [3.63, 3.8) is 0 Å². The van der Waals surface area contributed by atoms with Gasteiger partial charge in [0.2, 0.25) is 0 Å². The fourth-order valence-corrected chi connectivity index (χ4v) is 1.57. The minimum Gasteiger partial charge on any atom is -0.360 e. The van der Waals surface area contributed by atoms with Crippen LogP contribution in [0.25, 0.3) is 0 Å². The minimum absolute atomic E-state index is 0.485. The molecule has 0 aliphatic rings. The van der Waals surface area contributed by atoms with E-state index in [0.717, 1.165) is 18.5 Å². The third kappa shape index (κ3) is 2.74. The molecule has 0 unspecified atom stereocenters. The number of halogens is 1. The van der Waals surface area contributed by atoms with E-state index in [2.05, 4.69) is 5.92 Å². The number of hydrogen-bond acceptors (Lipinski definition) is 2. The van der Waals surface area contributed by atoms with Crippen LogP contribution in [0.15, 0.2) is 18.2 Å².